The van der Waals surface area contributed by atoms with E-state index in [-0.39, 0.29) is 27.9 Å². The number of carbonyl (C=O) groups is 1. The Morgan fingerprint density at radius 2 is 1.77 bits per heavy atom. The minimum absolute atomic E-state index is 0.0891. The number of benzene rings is 2. The summed E-state index contributed by atoms with van der Waals surface area (Å²) >= 11 is 5.90. The Balaban J connectivity index is 1.94. The largest absolute Gasteiger partial charge is 0.496 e. The maximum absolute atomic E-state index is 12.9. The molecule has 0 spiro atoms. The Morgan fingerprint density at radius 3 is 2.40 bits per heavy atom. The highest BCUT2D eigenvalue weighted by atomic mass is 35.5. The molecule has 0 aliphatic heterocycles. The van der Waals surface area contributed by atoms with Crippen LogP contribution in [-0.4, -0.2) is 50.4 Å². The highest BCUT2D eigenvalue weighted by molar-refractivity contribution is 7.92. The van der Waals surface area contributed by atoms with Gasteiger partial charge in [0.15, 0.2) is 0 Å². The molecule has 0 saturated carbocycles. The molecule has 0 radical (unpaired) electrons. The van der Waals surface area contributed by atoms with Crippen molar-refractivity contribution in [2.75, 3.05) is 25.9 Å². The van der Waals surface area contributed by atoms with Crippen LogP contribution in [0.2, 0.25) is 5.02 Å². The molecule has 0 saturated heterocycles. The molecule has 2 aromatic carbocycles. The van der Waals surface area contributed by atoms with Crippen LogP contribution in [0.5, 0.6) is 5.75 Å². The van der Waals surface area contributed by atoms with E-state index in [1.165, 1.54) is 42.6 Å². The SMILES string of the molecule is COc1ccc(S(=O)(=O)Nc2cc(-c3ccc(Cl)cc3)ncn2)cc1C(=O)N(C)C. The van der Waals surface area contributed by atoms with Crippen LogP contribution >= 0.6 is 11.6 Å². The first kappa shape index (κ1) is 21.5. The summed E-state index contributed by atoms with van der Waals surface area (Å²) < 4.78 is 33.4. The van der Waals surface area contributed by atoms with Gasteiger partial charge in [-0.15, -0.1) is 0 Å². The number of hydrogen-bond donors (Lipinski definition) is 1. The molecule has 0 atom stereocenters. The van der Waals surface area contributed by atoms with Crippen LogP contribution in [0.4, 0.5) is 5.82 Å². The molecule has 30 heavy (non-hydrogen) atoms. The van der Waals surface area contributed by atoms with Gasteiger partial charge in [-0.2, -0.15) is 0 Å². The summed E-state index contributed by atoms with van der Waals surface area (Å²) in [7, 11) is 0.536. The van der Waals surface area contributed by atoms with Crippen LogP contribution in [0.3, 0.4) is 0 Å². The summed E-state index contributed by atoms with van der Waals surface area (Å²) in [5, 5.41) is 0.580. The average molecular weight is 447 g/mol. The second-order valence-corrected chi connectivity index (χ2v) is 8.58. The van der Waals surface area contributed by atoms with Crippen LogP contribution in [0.1, 0.15) is 10.4 Å². The van der Waals surface area contributed by atoms with Crippen molar-refractivity contribution in [1.29, 1.82) is 0 Å². The van der Waals surface area contributed by atoms with Crippen LogP contribution in [-0.2, 0) is 10.0 Å². The molecule has 3 aromatic rings. The van der Waals surface area contributed by atoms with Gasteiger partial charge in [-0.05, 0) is 30.3 Å². The van der Waals surface area contributed by atoms with Gasteiger partial charge in [-0.3, -0.25) is 9.52 Å². The fourth-order valence-corrected chi connectivity index (χ4v) is 3.80. The molecular formula is C20H19ClN4O4S. The fourth-order valence-electron chi connectivity index (χ4n) is 2.65. The summed E-state index contributed by atoms with van der Waals surface area (Å²) in [5.41, 5.74) is 1.41. The van der Waals surface area contributed by atoms with E-state index in [1.807, 2.05) is 0 Å². The van der Waals surface area contributed by atoms with Crippen molar-refractivity contribution >= 4 is 33.3 Å². The van der Waals surface area contributed by atoms with Crippen molar-refractivity contribution in [3.63, 3.8) is 0 Å². The van der Waals surface area contributed by atoms with Gasteiger partial charge in [-0.25, -0.2) is 18.4 Å². The number of amides is 1. The summed E-state index contributed by atoms with van der Waals surface area (Å²) in [5.74, 6) is -0.0121. The second kappa shape index (κ2) is 8.68. The molecule has 0 fully saturated rings. The predicted octanol–water partition coefficient (Wildman–Crippen LogP) is 3.31. The zero-order valence-electron chi connectivity index (χ0n) is 16.5. The molecule has 1 aromatic heterocycles. The summed E-state index contributed by atoms with van der Waals surface area (Å²) in [6.45, 7) is 0. The summed E-state index contributed by atoms with van der Waals surface area (Å²) in [6.07, 6.45) is 1.26. The lowest BCUT2D eigenvalue weighted by Crippen LogP contribution is -2.23. The summed E-state index contributed by atoms with van der Waals surface area (Å²) in [4.78, 5) is 21.8. The van der Waals surface area contributed by atoms with Gasteiger partial charge in [-0.1, -0.05) is 23.7 Å². The first-order chi connectivity index (χ1) is 14.2. The number of nitrogens with zero attached hydrogens (tertiary/aromatic N) is 3. The highest BCUT2D eigenvalue weighted by Crippen LogP contribution is 2.26. The van der Waals surface area contributed by atoms with Crippen molar-refractivity contribution in [2.24, 2.45) is 0 Å². The molecule has 0 unspecified atom stereocenters. The lowest BCUT2D eigenvalue weighted by molar-refractivity contribution is 0.0824. The zero-order chi connectivity index (χ0) is 21.9. The number of sulfonamides is 1. The molecule has 0 bridgehead atoms. The molecule has 0 aliphatic carbocycles. The van der Waals surface area contributed by atoms with E-state index in [0.29, 0.717) is 10.7 Å². The first-order valence-electron chi connectivity index (χ1n) is 8.72. The number of ether oxygens (including phenoxy) is 1. The number of carbonyl (C=O) groups excluding carboxylic acids is 1. The van der Waals surface area contributed by atoms with Gasteiger partial charge >= 0.3 is 0 Å². The monoisotopic (exact) mass is 446 g/mol. The topological polar surface area (TPSA) is 101 Å². The Kier molecular flexibility index (Phi) is 6.23. The van der Waals surface area contributed by atoms with Crippen LogP contribution in [0.25, 0.3) is 11.3 Å². The lowest BCUT2D eigenvalue weighted by Gasteiger charge is -2.15. The molecule has 156 valence electrons. The standard InChI is InChI=1S/C20H19ClN4O4S/c1-25(2)20(26)16-10-15(8-9-18(16)29-3)30(27,28)24-19-11-17(22-12-23-19)13-4-6-14(21)7-5-13/h4-12H,1-3H3,(H,22,23,24). The third-order valence-electron chi connectivity index (χ3n) is 4.16. The minimum Gasteiger partial charge on any atom is -0.496 e. The van der Waals surface area contributed by atoms with Gasteiger partial charge in [0, 0.05) is 30.7 Å². The maximum atomic E-state index is 12.9. The molecule has 1 N–H and O–H groups in total. The Hall–Kier alpha value is -3.17. The van der Waals surface area contributed by atoms with Gasteiger partial charge < -0.3 is 9.64 Å². The zero-order valence-corrected chi connectivity index (χ0v) is 18.0. The van der Waals surface area contributed by atoms with Crippen LogP contribution in [0, 0.1) is 0 Å². The molecule has 10 heteroatoms. The van der Waals surface area contributed by atoms with Gasteiger partial charge in [0.05, 0.1) is 23.3 Å². The van der Waals surface area contributed by atoms with Gasteiger partial charge in [0.2, 0.25) is 0 Å². The molecule has 1 amide bonds. The van der Waals surface area contributed by atoms with Crippen molar-refractivity contribution < 1.29 is 17.9 Å². The van der Waals surface area contributed by atoms with E-state index < -0.39 is 10.0 Å². The van der Waals surface area contributed by atoms with E-state index in [1.54, 1.807) is 38.4 Å². The van der Waals surface area contributed by atoms with Crippen molar-refractivity contribution in [3.05, 3.63) is 65.4 Å². The highest BCUT2D eigenvalue weighted by Gasteiger charge is 2.21. The number of hydrogen-bond acceptors (Lipinski definition) is 6. The van der Waals surface area contributed by atoms with E-state index >= 15 is 0 Å². The quantitative estimate of drug-likeness (QED) is 0.623. The second-order valence-electron chi connectivity index (χ2n) is 6.46. The normalized spacial score (nSPS) is 11.1. The Bertz CT molecular complexity index is 1180. The molecule has 8 nitrogen and oxygen atoms in total. The lowest BCUT2D eigenvalue weighted by atomic mass is 10.1. The third kappa shape index (κ3) is 4.69. The fraction of sp³-hybridized carbons (Fsp3) is 0.150. The average Bonchev–Trinajstić information content (AvgIpc) is 2.73. The van der Waals surface area contributed by atoms with Crippen LogP contribution < -0.4 is 9.46 Å². The number of halogens is 1. The minimum atomic E-state index is -4.01. The van der Waals surface area contributed by atoms with Gasteiger partial charge in [0.1, 0.15) is 17.9 Å². The van der Waals surface area contributed by atoms with E-state index in [0.717, 1.165) is 5.56 Å². The molecule has 0 aliphatic rings. The molecular weight excluding hydrogens is 428 g/mol. The van der Waals surface area contributed by atoms with Crippen molar-refractivity contribution in [1.82, 2.24) is 14.9 Å². The van der Waals surface area contributed by atoms with E-state index in [4.69, 9.17) is 16.3 Å². The Labute approximate surface area is 179 Å². The number of anilines is 1. The Morgan fingerprint density at radius 1 is 1.07 bits per heavy atom. The van der Waals surface area contributed by atoms with Crippen molar-refractivity contribution in [3.8, 4) is 17.0 Å². The van der Waals surface area contributed by atoms with Gasteiger partial charge in [0.25, 0.3) is 15.9 Å². The smallest absolute Gasteiger partial charge is 0.263 e. The first-order valence-corrected chi connectivity index (χ1v) is 10.6. The number of methoxy groups -OCH3 is 1. The number of rotatable bonds is 6. The predicted molar refractivity (Wildman–Crippen MR) is 114 cm³/mol. The maximum Gasteiger partial charge on any atom is 0.263 e. The van der Waals surface area contributed by atoms with E-state index in [9.17, 15) is 13.2 Å². The van der Waals surface area contributed by atoms with E-state index in [2.05, 4.69) is 14.7 Å². The van der Waals surface area contributed by atoms with Crippen molar-refractivity contribution in [2.45, 2.75) is 4.90 Å². The number of nitrogens with one attached hydrogen (secondary N) is 1. The number of aromatic nitrogens is 2. The molecule has 3 rings (SSSR count). The third-order valence-corrected chi connectivity index (χ3v) is 5.77. The molecule has 1 heterocycles. The summed E-state index contributed by atoms with van der Waals surface area (Å²) in [6, 6.07) is 12.5. The van der Waals surface area contributed by atoms with Crippen LogP contribution in [0.15, 0.2) is 59.8 Å².